The van der Waals surface area contributed by atoms with E-state index in [1.54, 1.807) is 19.3 Å². The van der Waals surface area contributed by atoms with Gasteiger partial charge in [-0.3, -0.25) is 0 Å². The lowest BCUT2D eigenvalue weighted by molar-refractivity contribution is 0.402. The van der Waals surface area contributed by atoms with Gasteiger partial charge in [-0.2, -0.15) is 4.72 Å². The van der Waals surface area contributed by atoms with Gasteiger partial charge >= 0.3 is 0 Å². The third-order valence-electron chi connectivity index (χ3n) is 2.62. The van der Waals surface area contributed by atoms with Gasteiger partial charge in [0.05, 0.1) is 19.3 Å². The zero-order chi connectivity index (χ0) is 14.6. The molecule has 0 saturated carbocycles. The number of oxazole rings is 1. The van der Waals surface area contributed by atoms with Gasteiger partial charge in [0.1, 0.15) is 11.5 Å². The molecule has 0 amide bonds. The lowest BCUT2D eigenvalue weighted by Crippen LogP contribution is -2.23. The molecule has 0 bridgehead atoms. The first-order valence-electron chi connectivity index (χ1n) is 6.21. The van der Waals surface area contributed by atoms with Gasteiger partial charge in [-0.05, 0) is 19.2 Å². The molecule has 8 heteroatoms. The largest absolute Gasteiger partial charge is 0.447 e. The molecule has 2 aromatic heterocycles. The summed E-state index contributed by atoms with van der Waals surface area (Å²) < 4.78 is 37.0. The fourth-order valence-electron chi connectivity index (χ4n) is 1.59. The molecule has 0 spiro atoms. The summed E-state index contributed by atoms with van der Waals surface area (Å²) in [5, 5.41) is 2.76. The highest BCUT2D eigenvalue weighted by Crippen LogP contribution is 2.14. The van der Waals surface area contributed by atoms with Crippen molar-refractivity contribution >= 4 is 10.0 Å². The molecule has 0 unspecified atom stereocenters. The standard InChI is InChI=1S/C12H17N3O4S/c1-3-9-7-14-11(18-9)8-15-20(16,17)12-5-4-10(19-12)6-13-2/h4-5,7,13,15H,3,6,8H2,1-2H3. The van der Waals surface area contributed by atoms with E-state index in [1.807, 2.05) is 6.92 Å². The molecule has 0 aliphatic carbocycles. The van der Waals surface area contributed by atoms with Crippen molar-refractivity contribution < 1.29 is 17.3 Å². The van der Waals surface area contributed by atoms with E-state index in [1.165, 1.54) is 6.07 Å². The van der Waals surface area contributed by atoms with Gasteiger partial charge < -0.3 is 14.2 Å². The lowest BCUT2D eigenvalue weighted by atomic mass is 10.4. The van der Waals surface area contributed by atoms with Crippen LogP contribution in [0.4, 0.5) is 0 Å². The SMILES string of the molecule is CCc1cnc(CNS(=O)(=O)c2ccc(CNC)o2)o1. The predicted molar refractivity (Wildman–Crippen MR) is 71.4 cm³/mol. The molecule has 0 saturated heterocycles. The minimum Gasteiger partial charge on any atom is -0.447 e. The Hall–Kier alpha value is -1.64. The number of rotatable bonds is 7. The molecule has 0 atom stereocenters. The summed E-state index contributed by atoms with van der Waals surface area (Å²) in [6, 6.07) is 3.04. The van der Waals surface area contributed by atoms with E-state index in [-0.39, 0.29) is 11.6 Å². The van der Waals surface area contributed by atoms with Gasteiger partial charge in [0, 0.05) is 6.42 Å². The minimum atomic E-state index is -3.70. The van der Waals surface area contributed by atoms with E-state index in [2.05, 4.69) is 15.0 Å². The first kappa shape index (κ1) is 14.8. The van der Waals surface area contributed by atoms with E-state index in [0.29, 0.717) is 30.4 Å². The summed E-state index contributed by atoms with van der Waals surface area (Å²) in [5.74, 6) is 1.60. The predicted octanol–water partition coefficient (Wildman–Crippen LogP) is 1.03. The molecule has 7 nitrogen and oxygen atoms in total. The molecular formula is C12H17N3O4S. The Morgan fingerprint density at radius 2 is 2.00 bits per heavy atom. The highest BCUT2D eigenvalue weighted by atomic mass is 32.2. The fraction of sp³-hybridized carbons (Fsp3) is 0.417. The Morgan fingerprint density at radius 3 is 2.65 bits per heavy atom. The molecule has 20 heavy (non-hydrogen) atoms. The van der Waals surface area contributed by atoms with Crippen molar-refractivity contribution in [2.24, 2.45) is 0 Å². The molecule has 2 N–H and O–H groups in total. The average molecular weight is 299 g/mol. The highest BCUT2D eigenvalue weighted by Gasteiger charge is 2.19. The summed E-state index contributed by atoms with van der Waals surface area (Å²) in [6.07, 6.45) is 2.30. The second-order valence-corrected chi connectivity index (χ2v) is 5.85. The van der Waals surface area contributed by atoms with Crippen LogP contribution in [0.15, 0.2) is 32.3 Å². The summed E-state index contributed by atoms with van der Waals surface area (Å²) in [7, 11) is -1.95. The average Bonchev–Trinajstić information content (AvgIpc) is 3.06. The van der Waals surface area contributed by atoms with Crippen molar-refractivity contribution in [3.63, 3.8) is 0 Å². The first-order valence-corrected chi connectivity index (χ1v) is 7.70. The molecule has 0 aliphatic heterocycles. The van der Waals surface area contributed by atoms with Gasteiger partial charge in [0.2, 0.25) is 11.0 Å². The number of sulfonamides is 1. The van der Waals surface area contributed by atoms with Gasteiger partial charge in [-0.15, -0.1) is 0 Å². The van der Waals surface area contributed by atoms with Crippen molar-refractivity contribution in [1.29, 1.82) is 0 Å². The zero-order valence-corrected chi connectivity index (χ0v) is 12.2. The molecular weight excluding hydrogens is 282 g/mol. The van der Waals surface area contributed by atoms with E-state index < -0.39 is 10.0 Å². The van der Waals surface area contributed by atoms with Crippen molar-refractivity contribution in [3.05, 3.63) is 35.7 Å². The third kappa shape index (κ3) is 3.47. The van der Waals surface area contributed by atoms with Gasteiger partial charge in [-0.25, -0.2) is 13.4 Å². The quantitative estimate of drug-likeness (QED) is 0.792. The van der Waals surface area contributed by atoms with Crippen LogP contribution < -0.4 is 10.0 Å². The zero-order valence-electron chi connectivity index (χ0n) is 11.3. The molecule has 0 aliphatic rings. The van der Waals surface area contributed by atoms with Crippen molar-refractivity contribution in [2.75, 3.05) is 7.05 Å². The monoisotopic (exact) mass is 299 g/mol. The van der Waals surface area contributed by atoms with Crippen LogP contribution in [-0.4, -0.2) is 20.4 Å². The smallest absolute Gasteiger partial charge is 0.274 e. The normalized spacial score (nSPS) is 11.9. The number of hydrogen-bond acceptors (Lipinski definition) is 6. The highest BCUT2D eigenvalue weighted by molar-refractivity contribution is 7.89. The van der Waals surface area contributed by atoms with E-state index in [9.17, 15) is 8.42 Å². The third-order valence-corrected chi connectivity index (χ3v) is 3.89. The number of aromatic nitrogens is 1. The van der Waals surface area contributed by atoms with Crippen molar-refractivity contribution in [3.8, 4) is 0 Å². The maximum Gasteiger partial charge on any atom is 0.274 e. The first-order chi connectivity index (χ1) is 9.55. The van der Waals surface area contributed by atoms with E-state index >= 15 is 0 Å². The summed E-state index contributed by atoms with van der Waals surface area (Å²) in [4.78, 5) is 3.98. The van der Waals surface area contributed by atoms with Crippen LogP contribution in [0.2, 0.25) is 0 Å². The Labute approximate surface area is 117 Å². The van der Waals surface area contributed by atoms with Gasteiger partial charge in [-0.1, -0.05) is 6.92 Å². The molecule has 0 radical (unpaired) electrons. The van der Waals surface area contributed by atoms with E-state index in [0.717, 1.165) is 0 Å². The number of aryl methyl sites for hydroxylation is 1. The van der Waals surface area contributed by atoms with Crippen LogP contribution in [0, 0.1) is 0 Å². The molecule has 0 fully saturated rings. The number of hydrogen-bond donors (Lipinski definition) is 2. The topological polar surface area (TPSA) is 97.4 Å². The van der Waals surface area contributed by atoms with Crippen LogP contribution in [-0.2, 0) is 29.5 Å². The second kappa shape index (κ2) is 6.21. The van der Waals surface area contributed by atoms with Crippen LogP contribution in [0.3, 0.4) is 0 Å². The molecule has 2 heterocycles. The van der Waals surface area contributed by atoms with Crippen molar-refractivity contribution in [1.82, 2.24) is 15.0 Å². The van der Waals surface area contributed by atoms with Gasteiger partial charge in [0.25, 0.3) is 10.0 Å². The number of nitrogens with zero attached hydrogens (tertiary/aromatic N) is 1. The van der Waals surface area contributed by atoms with Crippen LogP contribution >= 0.6 is 0 Å². The summed E-state index contributed by atoms with van der Waals surface area (Å²) in [5.41, 5.74) is 0. The molecule has 2 rings (SSSR count). The number of furan rings is 1. The molecule has 0 aromatic carbocycles. The Kier molecular flexibility index (Phi) is 4.58. The van der Waals surface area contributed by atoms with Gasteiger partial charge in [0.15, 0.2) is 0 Å². The molecule has 110 valence electrons. The number of nitrogens with one attached hydrogen (secondary N) is 2. The fourth-order valence-corrected chi connectivity index (χ4v) is 2.51. The minimum absolute atomic E-state index is 0.00953. The Balaban J connectivity index is 2.02. The van der Waals surface area contributed by atoms with Crippen LogP contribution in [0.5, 0.6) is 0 Å². The Bertz CT molecular complexity index is 660. The second-order valence-electron chi connectivity index (χ2n) is 4.15. The van der Waals surface area contributed by atoms with Crippen LogP contribution in [0.25, 0.3) is 0 Å². The lowest BCUT2D eigenvalue weighted by Gasteiger charge is -2.01. The van der Waals surface area contributed by atoms with Crippen molar-refractivity contribution in [2.45, 2.75) is 31.5 Å². The summed E-state index contributed by atoms with van der Waals surface area (Å²) >= 11 is 0. The van der Waals surface area contributed by atoms with Crippen LogP contribution in [0.1, 0.15) is 24.3 Å². The summed E-state index contributed by atoms with van der Waals surface area (Å²) in [6.45, 7) is 2.39. The molecule has 2 aromatic rings. The maximum atomic E-state index is 12.0. The van der Waals surface area contributed by atoms with E-state index in [4.69, 9.17) is 8.83 Å². The maximum absolute atomic E-state index is 12.0. The Morgan fingerprint density at radius 1 is 1.20 bits per heavy atom.